The van der Waals surface area contributed by atoms with Crippen molar-refractivity contribution in [1.29, 1.82) is 0 Å². The van der Waals surface area contributed by atoms with Gasteiger partial charge in [-0.2, -0.15) is 0 Å². The van der Waals surface area contributed by atoms with Crippen LogP contribution in [0.1, 0.15) is 25.5 Å². The van der Waals surface area contributed by atoms with Gasteiger partial charge < -0.3 is 15.5 Å². The molecule has 3 N–H and O–H groups in total. The zero-order valence-electron chi connectivity index (χ0n) is 9.90. The quantitative estimate of drug-likeness (QED) is 0.691. The van der Waals surface area contributed by atoms with E-state index in [2.05, 4.69) is 5.32 Å². The molecule has 3 nitrogen and oxygen atoms in total. The van der Waals surface area contributed by atoms with Crippen molar-refractivity contribution in [2.75, 3.05) is 12.8 Å². The summed E-state index contributed by atoms with van der Waals surface area (Å²) >= 11 is 1.47. The van der Waals surface area contributed by atoms with Crippen LogP contribution in [0.4, 0.5) is 0 Å². The zero-order chi connectivity index (χ0) is 12.1. The average molecular weight is 241 g/mol. The lowest BCUT2D eigenvalue weighted by molar-refractivity contribution is 0.171. The highest BCUT2D eigenvalue weighted by atomic mass is 32.2. The van der Waals surface area contributed by atoms with Crippen molar-refractivity contribution in [3.63, 3.8) is 0 Å². The Hall–Kier alpha value is -0.710. The highest BCUT2D eigenvalue weighted by Crippen LogP contribution is 2.29. The van der Waals surface area contributed by atoms with Crippen LogP contribution in [0, 0.1) is 0 Å². The zero-order valence-corrected chi connectivity index (χ0v) is 10.7. The van der Waals surface area contributed by atoms with Crippen molar-refractivity contribution in [1.82, 2.24) is 5.32 Å². The molecule has 0 amide bonds. The van der Waals surface area contributed by atoms with E-state index in [-0.39, 0.29) is 5.75 Å². The first-order valence-electron chi connectivity index (χ1n) is 5.33. The second-order valence-corrected chi connectivity index (χ2v) is 4.86. The summed E-state index contributed by atoms with van der Waals surface area (Å²) in [7, 11) is 0. The van der Waals surface area contributed by atoms with Crippen LogP contribution in [0.3, 0.4) is 0 Å². The fraction of sp³-hybridized carbons (Fsp3) is 0.500. The molecule has 90 valence electrons. The van der Waals surface area contributed by atoms with E-state index in [0.29, 0.717) is 12.6 Å². The summed E-state index contributed by atoms with van der Waals surface area (Å²) in [4.78, 5) is 0.793. The van der Waals surface area contributed by atoms with Crippen LogP contribution in [0.5, 0.6) is 5.75 Å². The number of aromatic hydroxyl groups is 1. The largest absolute Gasteiger partial charge is 0.507 e. The molecule has 0 radical (unpaired) electrons. The molecule has 1 aromatic carbocycles. The third-order valence-corrected chi connectivity index (χ3v) is 3.07. The minimum atomic E-state index is -0.533. The minimum absolute atomic E-state index is 0.264. The summed E-state index contributed by atoms with van der Waals surface area (Å²) in [5, 5.41) is 22.6. The highest BCUT2D eigenvalue weighted by Gasteiger charge is 2.10. The lowest BCUT2D eigenvalue weighted by Crippen LogP contribution is -2.27. The van der Waals surface area contributed by atoms with Crippen LogP contribution in [-0.4, -0.2) is 29.1 Å². The van der Waals surface area contributed by atoms with Crippen molar-refractivity contribution < 1.29 is 10.2 Å². The van der Waals surface area contributed by atoms with Crippen molar-refractivity contribution in [3.8, 4) is 5.75 Å². The number of hydrogen-bond donors (Lipinski definition) is 3. The van der Waals surface area contributed by atoms with E-state index in [0.717, 1.165) is 10.5 Å². The summed E-state index contributed by atoms with van der Waals surface area (Å²) < 4.78 is 0. The van der Waals surface area contributed by atoms with Gasteiger partial charge in [-0.3, -0.25) is 0 Å². The number of phenolic OH excluding ortho intramolecular Hbond substituents is 1. The first-order valence-corrected chi connectivity index (χ1v) is 6.55. The number of nitrogens with one attached hydrogen (secondary N) is 1. The van der Waals surface area contributed by atoms with Gasteiger partial charge in [0.1, 0.15) is 5.75 Å². The molecule has 0 spiro atoms. The molecule has 1 aromatic rings. The van der Waals surface area contributed by atoms with E-state index in [4.69, 9.17) is 0 Å². The SMILES string of the molecule is CSc1cc(C(O)CNC(C)C)ccc1O. The highest BCUT2D eigenvalue weighted by molar-refractivity contribution is 7.98. The van der Waals surface area contributed by atoms with E-state index in [1.807, 2.05) is 26.2 Å². The van der Waals surface area contributed by atoms with Gasteiger partial charge in [0, 0.05) is 17.5 Å². The third-order valence-electron chi connectivity index (χ3n) is 2.31. The molecule has 0 aliphatic rings. The molecule has 0 aromatic heterocycles. The number of aliphatic hydroxyl groups is 1. The normalized spacial score (nSPS) is 13.1. The molecule has 0 saturated carbocycles. The number of benzene rings is 1. The van der Waals surface area contributed by atoms with Crippen LogP contribution >= 0.6 is 11.8 Å². The minimum Gasteiger partial charge on any atom is -0.507 e. The van der Waals surface area contributed by atoms with Crippen molar-refractivity contribution in [2.45, 2.75) is 30.9 Å². The fourth-order valence-corrected chi connectivity index (χ4v) is 1.90. The summed E-state index contributed by atoms with van der Waals surface area (Å²) in [5.41, 5.74) is 0.829. The molecule has 1 atom stereocenters. The maximum atomic E-state index is 9.93. The monoisotopic (exact) mass is 241 g/mol. The van der Waals surface area contributed by atoms with Gasteiger partial charge in [-0.05, 0) is 24.0 Å². The summed E-state index contributed by atoms with van der Waals surface area (Å²) in [6.45, 7) is 4.60. The molecular formula is C12H19NO2S. The lowest BCUT2D eigenvalue weighted by atomic mass is 10.1. The Morgan fingerprint density at radius 3 is 2.62 bits per heavy atom. The van der Waals surface area contributed by atoms with Gasteiger partial charge in [0.15, 0.2) is 0 Å². The Kier molecular flexibility index (Phi) is 5.12. The number of hydrogen-bond acceptors (Lipinski definition) is 4. The van der Waals surface area contributed by atoms with Crippen LogP contribution in [-0.2, 0) is 0 Å². The predicted molar refractivity (Wildman–Crippen MR) is 68.0 cm³/mol. The molecule has 0 aliphatic heterocycles. The molecule has 16 heavy (non-hydrogen) atoms. The van der Waals surface area contributed by atoms with Crippen LogP contribution in [0.15, 0.2) is 23.1 Å². The van der Waals surface area contributed by atoms with Crippen molar-refractivity contribution in [3.05, 3.63) is 23.8 Å². The lowest BCUT2D eigenvalue weighted by Gasteiger charge is -2.15. The predicted octanol–water partition coefficient (Wildman–Crippen LogP) is 2.15. The molecular weight excluding hydrogens is 222 g/mol. The Morgan fingerprint density at radius 2 is 2.06 bits per heavy atom. The van der Waals surface area contributed by atoms with Gasteiger partial charge in [0.2, 0.25) is 0 Å². The van der Waals surface area contributed by atoms with Gasteiger partial charge in [0.05, 0.1) is 6.10 Å². The summed E-state index contributed by atoms with van der Waals surface area (Å²) in [6.07, 6.45) is 1.37. The smallest absolute Gasteiger partial charge is 0.129 e. The van der Waals surface area contributed by atoms with E-state index in [1.165, 1.54) is 11.8 Å². The number of thioether (sulfide) groups is 1. The topological polar surface area (TPSA) is 52.5 Å². The molecule has 4 heteroatoms. The maximum absolute atomic E-state index is 9.93. The third kappa shape index (κ3) is 3.70. The van der Waals surface area contributed by atoms with Gasteiger partial charge in [-0.1, -0.05) is 19.9 Å². The second-order valence-electron chi connectivity index (χ2n) is 4.01. The number of rotatable bonds is 5. The van der Waals surface area contributed by atoms with Crippen LogP contribution in [0.25, 0.3) is 0 Å². The van der Waals surface area contributed by atoms with Gasteiger partial charge in [0.25, 0.3) is 0 Å². The van der Waals surface area contributed by atoms with Gasteiger partial charge in [-0.15, -0.1) is 11.8 Å². The Bertz CT molecular complexity index is 342. The van der Waals surface area contributed by atoms with E-state index < -0.39 is 6.10 Å². The van der Waals surface area contributed by atoms with E-state index in [1.54, 1.807) is 12.1 Å². The molecule has 1 unspecified atom stereocenters. The second kappa shape index (κ2) is 6.13. The van der Waals surface area contributed by atoms with Crippen molar-refractivity contribution in [2.24, 2.45) is 0 Å². The molecule has 0 fully saturated rings. The first kappa shape index (κ1) is 13.4. The molecule has 0 saturated heterocycles. The number of aliphatic hydroxyl groups excluding tert-OH is 1. The Morgan fingerprint density at radius 1 is 1.38 bits per heavy atom. The fourth-order valence-electron chi connectivity index (χ4n) is 1.37. The van der Waals surface area contributed by atoms with E-state index >= 15 is 0 Å². The summed E-state index contributed by atoms with van der Waals surface area (Å²) in [5.74, 6) is 0.264. The van der Waals surface area contributed by atoms with Gasteiger partial charge in [-0.25, -0.2) is 0 Å². The van der Waals surface area contributed by atoms with Crippen molar-refractivity contribution >= 4 is 11.8 Å². The Labute approximate surface area is 101 Å². The summed E-state index contributed by atoms with van der Waals surface area (Å²) in [6, 6.07) is 5.56. The number of phenols is 1. The maximum Gasteiger partial charge on any atom is 0.129 e. The first-order chi connectivity index (χ1) is 7.54. The van der Waals surface area contributed by atoms with Crippen LogP contribution in [0.2, 0.25) is 0 Å². The van der Waals surface area contributed by atoms with E-state index in [9.17, 15) is 10.2 Å². The Balaban J connectivity index is 2.72. The van der Waals surface area contributed by atoms with Gasteiger partial charge >= 0.3 is 0 Å². The average Bonchev–Trinajstić information content (AvgIpc) is 2.26. The molecule has 1 rings (SSSR count). The standard InChI is InChI=1S/C12H19NO2S/c1-8(2)13-7-11(15)9-4-5-10(14)12(6-9)16-3/h4-6,8,11,13-15H,7H2,1-3H3. The molecule has 0 heterocycles. The molecule has 0 aliphatic carbocycles. The molecule has 0 bridgehead atoms. The van der Waals surface area contributed by atoms with Crippen LogP contribution < -0.4 is 5.32 Å².